The molecular formula is C19H31N5O2. The van der Waals surface area contributed by atoms with E-state index in [1.807, 2.05) is 24.5 Å². The average molecular weight is 361 g/mol. The Hall–Kier alpha value is -2.28. The van der Waals surface area contributed by atoms with Gasteiger partial charge >= 0.3 is 0 Å². The van der Waals surface area contributed by atoms with Crippen molar-refractivity contribution in [3.63, 3.8) is 0 Å². The van der Waals surface area contributed by atoms with Crippen molar-refractivity contribution in [1.29, 1.82) is 0 Å². The topological polar surface area (TPSA) is 76.6 Å². The number of nitrogens with zero attached hydrogens (tertiary/aromatic N) is 3. The minimum atomic E-state index is 0.514. The number of nitrogens with one attached hydrogen (secondary N) is 2. The van der Waals surface area contributed by atoms with Crippen molar-refractivity contribution in [1.82, 2.24) is 20.2 Å². The van der Waals surface area contributed by atoms with Crippen LogP contribution in [0.1, 0.15) is 38.8 Å². The predicted molar refractivity (Wildman–Crippen MR) is 103 cm³/mol. The molecule has 0 fully saturated rings. The van der Waals surface area contributed by atoms with Crippen molar-refractivity contribution in [2.75, 3.05) is 19.7 Å². The summed E-state index contributed by atoms with van der Waals surface area (Å²) in [5.41, 5.74) is 0. The van der Waals surface area contributed by atoms with Crippen molar-refractivity contribution < 1.29 is 9.15 Å². The highest BCUT2D eigenvalue weighted by atomic mass is 16.5. The second-order valence-electron chi connectivity index (χ2n) is 6.50. The van der Waals surface area contributed by atoms with Gasteiger partial charge in [0.25, 0.3) is 0 Å². The zero-order chi connectivity index (χ0) is 18.6. The van der Waals surface area contributed by atoms with Crippen LogP contribution in [-0.4, -0.2) is 35.2 Å². The Labute approximate surface area is 155 Å². The first-order valence-corrected chi connectivity index (χ1v) is 9.31. The normalized spacial score (nSPS) is 11.9. The fraction of sp³-hybridized carbons (Fsp3) is 0.579. The zero-order valence-corrected chi connectivity index (χ0v) is 16.1. The number of aliphatic imine (C=N–C) groups is 1. The second kappa shape index (κ2) is 11.4. The Morgan fingerprint density at radius 2 is 2.27 bits per heavy atom. The van der Waals surface area contributed by atoms with Crippen LogP contribution in [0.3, 0.4) is 0 Å². The highest BCUT2D eigenvalue weighted by Gasteiger charge is 2.05. The molecule has 0 bridgehead atoms. The smallest absolute Gasteiger partial charge is 0.191 e. The number of imidazole rings is 1. The van der Waals surface area contributed by atoms with Gasteiger partial charge in [-0.1, -0.05) is 13.8 Å². The molecule has 2 N–H and O–H groups in total. The lowest BCUT2D eigenvalue weighted by Gasteiger charge is -2.12. The monoisotopic (exact) mass is 361 g/mol. The van der Waals surface area contributed by atoms with E-state index in [1.54, 1.807) is 6.26 Å². The molecule has 144 valence electrons. The van der Waals surface area contributed by atoms with Crippen LogP contribution in [-0.2, 0) is 24.4 Å². The lowest BCUT2D eigenvalue weighted by molar-refractivity contribution is 0.105. The number of hydrogen-bond donors (Lipinski definition) is 2. The third-order valence-corrected chi connectivity index (χ3v) is 3.67. The van der Waals surface area contributed by atoms with Crippen LogP contribution in [0.4, 0.5) is 0 Å². The van der Waals surface area contributed by atoms with Gasteiger partial charge in [0.15, 0.2) is 5.96 Å². The lowest BCUT2D eigenvalue weighted by atomic mass is 10.2. The number of hydrogen-bond acceptors (Lipinski definition) is 4. The first kappa shape index (κ1) is 20.0. The van der Waals surface area contributed by atoms with Crippen LogP contribution in [0.15, 0.2) is 40.2 Å². The average Bonchev–Trinajstić information content (AvgIpc) is 3.27. The summed E-state index contributed by atoms with van der Waals surface area (Å²) in [6.07, 6.45) is 6.41. The van der Waals surface area contributed by atoms with Gasteiger partial charge in [0.05, 0.1) is 6.26 Å². The third-order valence-electron chi connectivity index (χ3n) is 3.67. The lowest BCUT2D eigenvalue weighted by Crippen LogP contribution is -2.38. The molecule has 2 aromatic heterocycles. The number of ether oxygens (including phenoxy) is 1. The van der Waals surface area contributed by atoms with Gasteiger partial charge in [-0.25, -0.2) is 9.98 Å². The summed E-state index contributed by atoms with van der Waals surface area (Å²) in [4.78, 5) is 9.06. The number of aromatic nitrogens is 2. The van der Waals surface area contributed by atoms with Crippen molar-refractivity contribution in [3.8, 4) is 0 Å². The molecular weight excluding hydrogens is 330 g/mol. The fourth-order valence-electron chi connectivity index (χ4n) is 2.49. The minimum absolute atomic E-state index is 0.514. The van der Waals surface area contributed by atoms with Gasteiger partial charge in [-0.15, -0.1) is 0 Å². The number of furan rings is 1. The molecule has 2 aromatic rings. The molecule has 0 saturated heterocycles. The molecule has 0 amide bonds. The number of rotatable bonds is 11. The first-order chi connectivity index (χ1) is 12.7. The zero-order valence-electron chi connectivity index (χ0n) is 16.1. The van der Waals surface area contributed by atoms with Gasteiger partial charge in [0.2, 0.25) is 0 Å². The van der Waals surface area contributed by atoms with Crippen LogP contribution in [0.2, 0.25) is 0 Å². The Morgan fingerprint density at radius 3 is 3.00 bits per heavy atom. The molecule has 26 heavy (non-hydrogen) atoms. The molecule has 0 atom stereocenters. The molecule has 7 heteroatoms. The minimum Gasteiger partial charge on any atom is -0.467 e. The summed E-state index contributed by atoms with van der Waals surface area (Å²) in [5, 5.41) is 6.60. The standard InChI is InChI=1S/C19H31N5O2/c1-4-20-19(22-8-6-11-25-15-17-7-5-12-26-17)23-13-18-21-9-10-24(18)14-16(2)3/h5,7,9-10,12,16H,4,6,8,11,13-15H2,1-3H3,(H2,20,22,23). The maximum absolute atomic E-state index is 5.58. The van der Waals surface area contributed by atoms with E-state index in [2.05, 4.69) is 45.9 Å². The molecule has 0 unspecified atom stereocenters. The maximum atomic E-state index is 5.58. The van der Waals surface area contributed by atoms with Gasteiger partial charge in [-0.3, -0.25) is 0 Å². The maximum Gasteiger partial charge on any atom is 0.191 e. The Bertz CT molecular complexity index is 634. The highest BCUT2D eigenvalue weighted by Crippen LogP contribution is 2.05. The summed E-state index contributed by atoms with van der Waals surface area (Å²) in [7, 11) is 0. The third kappa shape index (κ3) is 7.31. The van der Waals surface area contributed by atoms with E-state index < -0.39 is 0 Å². The van der Waals surface area contributed by atoms with Crippen molar-refractivity contribution in [3.05, 3.63) is 42.4 Å². The number of guanidine groups is 1. The van der Waals surface area contributed by atoms with E-state index >= 15 is 0 Å². The quantitative estimate of drug-likeness (QED) is 0.366. The molecule has 2 rings (SSSR count). The van der Waals surface area contributed by atoms with E-state index in [-0.39, 0.29) is 0 Å². The molecule has 2 heterocycles. The van der Waals surface area contributed by atoms with Gasteiger partial charge < -0.3 is 24.4 Å². The molecule has 0 saturated carbocycles. The Kier molecular flexibility index (Phi) is 8.75. The van der Waals surface area contributed by atoms with E-state index in [1.165, 1.54) is 0 Å². The summed E-state index contributed by atoms with van der Waals surface area (Å²) < 4.78 is 13.0. The van der Waals surface area contributed by atoms with Gasteiger partial charge in [-0.2, -0.15) is 0 Å². The van der Waals surface area contributed by atoms with Crippen molar-refractivity contribution in [2.24, 2.45) is 10.9 Å². The Morgan fingerprint density at radius 1 is 1.38 bits per heavy atom. The second-order valence-corrected chi connectivity index (χ2v) is 6.50. The van der Waals surface area contributed by atoms with Gasteiger partial charge in [0.1, 0.15) is 24.7 Å². The Balaban J connectivity index is 1.71. The summed E-state index contributed by atoms with van der Waals surface area (Å²) in [6.45, 7) is 10.8. The van der Waals surface area contributed by atoms with Crippen molar-refractivity contribution >= 4 is 5.96 Å². The highest BCUT2D eigenvalue weighted by molar-refractivity contribution is 5.79. The van der Waals surface area contributed by atoms with Crippen LogP contribution >= 0.6 is 0 Å². The molecule has 0 aliphatic heterocycles. The van der Waals surface area contributed by atoms with Gasteiger partial charge in [0, 0.05) is 38.6 Å². The van der Waals surface area contributed by atoms with Crippen LogP contribution in [0.25, 0.3) is 0 Å². The molecule has 0 aromatic carbocycles. The van der Waals surface area contributed by atoms with E-state index in [0.29, 0.717) is 25.7 Å². The predicted octanol–water partition coefficient (Wildman–Crippen LogP) is 2.79. The van der Waals surface area contributed by atoms with Crippen LogP contribution in [0, 0.1) is 5.92 Å². The SMILES string of the molecule is CCNC(=NCc1nccn1CC(C)C)NCCCOCc1ccco1. The molecule has 0 radical (unpaired) electrons. The van der Waals surface area contributed by atoms with Gasteiger partial charge in [-0.05, 0) is 31.4 Å². The first-order valence-electron chi connectivity index (χ1n) is 9.31. The summed E-state index contributed by atoms with van der Waals surface area (Å²) >= 11 is 0. The molecule has 7 nitrogen and oxygen atoms in total. The van der Waals surface area contributed by atoms with E-state index in [9.17, 15) is 0 Å². The summed E-state index contributed by atoms with van der Waals surface area (Å²) in [6, 6.07) is 3.78. The van der Waals surface area contributed by atoms with E-state index in [0.717, 1.165) is 43.6 Å². The van der Waals surface area contributed by atoms with E-state index in [4.69, 9.17) is 9.15 Å². The molecule has 0 aliphatic carbocycles. The van der Waals surface area contributed by atoms with Crippen LogP contribution < -0.4 is 10.6 Å². The molecule has 0 aliphatic rings. The largest absolute Gasteiger partial charge is 0.467 e. The summed E-state index contributed by atoms with van der Waals surface area (Å²) in [5.74, 6) is 3.22. The van der Waals surface area contributed by atoms with Crippen LogP contribution in [0.5, 0.6) is 0 Å². The fourth-order valence-corrected chi connectivity index (χ4v) is 2.49. The van der Waals surface area contributed by atoms with Crippen molar-refractivity contribution in [2.45, 2.75) is 46.9 Å². The molecule has 0 spiro atoms.